The molecule has 18 heavy (non-hydrogen) atoms. The summed E-state index contributed by atoms with van der Waals surface area (Å²) in [7, 11) is 0. The number of benzene rings is 1. The van der Waals surface area contributed by atoms with Crippen molar-refractivity contribution in [2.24, 2.45) is 0 Å². The van der Waals surface area contributed by atoms with Gasteiger partial charge in [-0.2, -0.15) is 0 Å². The summed E-state index contributed by atoms with van der Waals surface area (Å²) in [6, 6.07) is 9.02. The number of nitrogens with zero attached hydrogens (tertiary/aromatic N) is 1. The van der Waals surface area contributed by atoms with E-state index < -0.39 is 12.8 Å². The maximum Gasteiger partial charge on any atom is 0.243 e. The van der Waals surface area contributed by atoms with Gasteiger partial charge >= 0.3 is 0 Å². The Morgan fingerprint density at radius 2 is 2.11 bits per heavy atom. The van der Waals surface area contributed by atoms with Crippen LogP contribution in [0.3, 0.4) is 0 Å². The van der Waals surface area contributed by atoms with E-state index in [9.17, 15) is 9.59 Å². The molecular formula is C13H16N2O3. The summed E-state index contributed by atoms with van der Waals surface area (Å²) in [6.45, 7) is 0.0336. The molecule has 1 heterocycles. The molecule has 0 aliphatic carbocycles. The van der Waals surface area contributed by atoms with Crippen LogP contribution in [0, 0.1) is 0 Å². The fourth-order valence-electron chi connectivity index (χ4n) is 2.09. The zero-order chi connectivity index (χ0) is 13.0. The molecule has 5 nitrogen and oxygen atoms in total. The molecule has 1 aromatic carbocycles. The molecule has 2 N–H and O–H groups in total. The van der Waals surface area contributed by atoms with Crippen LogP contribution in [0.5, 0.6) is 0 Å². The third-order valence-corrected chi connectivity index (χ3v) is 3.09. The lowest BCUT2D eigenvalue weighted by molar-refractivity contribution is -0.138. The average Bonchev–Trinajstić information content (AvgIpc) is 2.78. The van der Waals surface area contributed by atoms with Crippen LogP contribution in [0.4, 0.5) is 0 Å². The van der Waals surface area contributed by atoms with Crippen molar-refractivity contribution >= 4 is 11.8 Å². The molecular weight excluding hydrogens is 232 g/mol. The number of hydrogen-bond acceptors (Lipinski definition) is 3. The van der Waals surface area contributed by atoms with Gasteiger partial charge in [0.1, 0.15) is 12.8 Å². The predicted octanol–water partition coefficient (Wildman–Crippen LogP) is 0.244. The largest absolute Gasteiger partial charge is 0.376 e. The Labute approximate surface area is 105 Å². The molecule has 0 radical (unpaired) electrons. The zero-order valence-electron chi connectivity index (χ0n) is 10.0. The van der Waals surface area contributed by atoms with E-state index >= 15 is 0 Å². The van der Waals surface area contributed by atoms with Gasteiger partial charge in [-0.3, -0.25) is 9.59 Å². The van der Waals surface area contributed by atoms with Gasteiger partial charge in [0.15, 0.2) is 0 Å². The normalized spacial score (nSPS) is 19.1. The number of carbonyl (C=O) groups is 2. The number of amides is 2. The molecule has 1 aliphatic rings. The van der Waals surface area contributed by atoms with Crippen molar-refractivity contribution < 1.29 is 14.7 Å². The lowest BCUT2D eigenvalue weighted by atomic mass is 10.2. The van der Waals surface area contributed by atoms with Crippen LogP contribution in [0.25, 0.3) is 0 Å². The first-order valence-corrected chi connectivity index (χ1v) is 5.94. The number of aliphatic hydroxyl groups is 1. The lowest BCUT2D eigenvalue weighted by Crippen LogP contribution is -2.44. The molecule has 2 amide bonds. The van der Waals surface area contributed by atoms with Gasteiger partial charge in [0.25, 0.3) is 0 Å². The number of aliphatic hydroxyl groups excluding tert-OH is 1. The SMILES string of the molecule is O=C(NCc1ccccc1)[C@@H]1CCC(=O)N1CO. The van der Waals surface area contributed by atoms with Crippen molar-refractivity contribution in [1.29, 1.82) is 0 Å². The second-order valence-corrected chi connectivity index (χ2v) is 4.26. The lowest BCUT2D eigenvalue weighted by Gasteiger charge is -2.21. The van der Waals surface area contributed by atoms with Gasteiger partial charge in [0, 0.05) is 13.0 Å². The molecule has 0 aromatic heterocycles. The minimum atomic E-state index is -0.536. The van der Waals surface area contributed by atoms with Crippen molar-refractivity contribution in [2.75, 3.05) is 6.73 Å². The Morgan fingerprint density at radius 1 is 1.39 bits per heavy atom. The highest BCUT2D eigenvalue weighted by Gasteiger charge is 2.35. The number of hydrogen-bond donors (Lipinski definition) is 2. The summed E-state index contributed by atoms with van der Waals surface area (Å²) in [5.41, 5.74) is 1.01. The van der Waals surface area contributed by atoms with Crippen LogP contribution in [0.1, 0.15) is 18.4 Å². The molecule has 1 fully saturated rings. The first kappa shape index (κ1) is 12.6. The van der Waals surface area contributed by atoms with E-state index in [-0.39, 0.29) is 11.8 Å². The highest BCUT2D eigenvalue weighted by Crippen LogP contribution is 2.17. The molecule has 0 spiro atoms. The van der Waals surface area contributed by atoms with Gasteiger partial charge in [-0.1, -0.05) is 30.3 Å². The van der Waals surface area contributed by atoms with Gasteiger partial charge in [0.05, 0.1) is 0 Å². The summed E-state index contributed by atoms with van der Waals surface area (Å²) in [6.07, 6.45) is 0.796. The quantitative estimate of drug-likeness (QED) is 0.802. The fraction of sp³-hybridized carbons (Fsp3) is 0.385. The Morgan fingerprint density at radius 3 is 2.78 bits per heavy atom. The van der Waals surface area contributed by atoms with Crippen LogP contribution in [-0.2, 0) is 16.1 Å². The van der Waals surface area contributed by atoms with E-state index in [0.29, 0.717) is 19.4 Å². The minimum absolute atomic E-state index is 0.169. The average molecular weight is 248 g/mol. The Hall–Kier alpha value is -1.88. The molecule has 1 saturated heterocycles. The maximum absolute atomic E-state index is 11.9. The molecule has 1 aliphatic heterocycles. The molecule has 0 bridgehead atoms. The smallest absolute Gasteiger partial charge is 0.243 e. The molecule has 2 rings (SSSR count). The molecule has 1 aromatic rings. The highest BCUT2D eigenvalue weighted by molar-refractivity contribution is 5.90. The monoisotopic (exact) mass is 248 g/mol. The van der Waals surface area contributed by atoms with Crippen LogP contribution in [-0.4, -0.2) is 34.6 Å². The minimum Gasteiger partial charge on any atom is -0.376 e. The van der Waals surface area contributed by atoms with Gasteiger partial charge in [-0.05, 0) is 12.0 Å². The number of nitrogens with one attached hydrogen (secondary N) is 1. The Bertz CT molecular complexity index is 433. The van der Waals surface area contributed by atoms with Crippen LogP contribution in [0.2, 0.25) is 0 Å². The van der Waals surface area contributed by atoms with E-state index in [1.165, 1.54) is 4.90 Å². The molecule has 0 saturated carbocycles. The van der Waals surface area contributed by atoms with E-state index in [1.54, 1.807) is 0 Å². The first-order valence-electron chi connectivity index (χ1n) is 5.94. The van der Waals surface area contributed by atoms with Gasteiger partial charge < -0.3 is 15.3 Å². The zero-order valence-corrected chi connectivity index (χ0v) is 10.0. The standard InChI is InChI=1S/C13H16N2O3/c16-9-15-11(6-7-12(15)17)13(18)14-8-10-4-2-1-3-5-10/h1-5,11,16H,6-9H2,(H,14,18)/t11-/m0/s1. The fourth-order valence-corrected chi connectivity index (χ4v) is 2.09. The second kappa shape index (κ2) is 5.64. The molecule has 0 unspecified atom stereocenters. The van der Waals surface area contributed by atoms with Crippen LogP contribution < -0.4 is 5.32 Å². The number of likely N-dealkylation sites (tertiary alicyclic amines) is 1. The Balaban J connectivity index is 1.90. The van der Waals surface area contributed by atoms with Gasteiger partial charge in [-0.25, -0.2) is 0 Å². The first-order chi connectivity index (χ1) is 8.72. The van der Waals surface area contributed by atoms with E-state index in [4.69, 9.17) is 5.11 Å². The number of carbonyl (C=O) groups excluding carboxylic acids is 2. The van der Waals surface area contributed by atoms with Gasteiger partial charge in [0.2, 0.25) is 11.8 Å². The molecule has 1 atom stereocenters. The van der Waals surface area contributed by atoms with E-state index in [1.807, 2.05) is 30.3 Å². The summed E-state index contributed by atoms with van der Waals surface area (Å²) in [5, 5.41) is 11.8. The number of rotatable bonds is 4. The second-order valence-electron chi connectivity index (χ2n) is 4.26. The van der Waals surface area contributed by atoms with E-state index in [0.717, 1.165) is 5.56 Å². The predicted molar refractivity (Wildman–Crippen MR) is 65.2 cm³/mol. The van der Waals surface area contributed by atoms with Crippen LogP contribution >= 0.6 is 0 Å². The van der Waals surface area contributed by atoms with Gasteiger partial charge in [-0.15, -0.1) is 0 Å². The molecule has 5 heteroatoms. The summed E-state index contributed by atoms with van der Waals surface area (Å²) in [4.78, 5) is 24.5. The van der Waals surface area contributed by atoms with Crippen molar-refractivity contribution in [2.45, 2.75) is 25.4 Å². The Kier molecular flexibility index (Phi) is 3.94. The third-order valence-electron chi connectivity index (χ3n) is 3.09. The van der Waals surface area contributed by atoms with Crippen molar-refractivity contribution in [1.82, 2.24) is 10.2 Å². The maximum atomic E-state index is 11.9. The summed E-state index contributed by atoms with van der Waals surface area (Å²) >= 11 is 0. The van der Waals surface area contributed by atoms with Crippen molar-refractivity contribution in [3.8, 4) is 0 Å². The topological polar surface area (TPSA) is 69.6 Å². The summed E-state index contributed by atoms with van der Waals surface area (Å²) in [5.74, 6) is -0.379. The van der Waals surface area contributed by atoms with Crippen LogP contribution in [0.15, 0.2) is 30.3 Å². The van der Waals surface area contributed by atoms with Crippen molar-refractivity contribution in [3.05, 3.63) is 35.9 Å². The third kappa shape index (κ3) is 2.68. The van der Waals surface area contributed by atoms with Crippen molar-refractivity contribution in [3.63, 3.8) is 0 Å². The van der Waals surface area contributed by atoms with E-state index in [2.05, 4.69) is 5.32 Å². The summed E-state index contributed by atoms with van der Waals surface area (Å²) < 4.78 is 0. The molecule has 96 valence electrons. The highest BCUT2D eigenvalue weighted by atomic mass is 16.3.